The maximum Gasteiger partial charge on any atom is 0.413 e. The van der Waals surface area contributed by atoms with E-state index in [2.05, 4.69) is 5.32 Å². The highest BCUT2D eigenvalue weighted by Gasteiger charge is 2.35. The van der Waals surface area contributed by atoms with Gasteiger partial charge in [0.15, 0.2) is 0 Å². The summed E-state index contributed by atoms with van der Waals surface area (Å²) in [5, 5.41) is 2.73. The van der Waals surface area contributed by atoms with Crippen molar-refractivity contribution in [3.8, 4) is 5.75 Å². The predicted molar refractivity (Wildman–Crippen MR) is 64.7 cm³/mol. The van der Waals surface area contributed by atoms with Crippen LogP contribution >= 0.6 is 0 Å². The number of cyclic esters (lactones) is 1. The van der Waals surface area contributed by atoms with Gasteiger partial charge >= 0.3 is 6.09 Å². The standard InChI is InChI=1S/C13H15NO3/c1-13(2)11(17-12(15)14-13)8-9-4-6-10(16-3)7-5-9/h4-8H,1-3H3,(H,14,15)/b11-8-. The number of carbonyl (C=O) groups is 1. The van der Waals surface area contributed by atoms with Crippen LogP contribution in [0.4, 0.5) is 4.79 Å². The third-order valence-corrected chi connectivity index (χ3v) is 2.65. The Labute approximate surface area is 100 Å². The van der Waals surface area contributed by atoms with Crippen molar-refractivity contribution < 1.29 is 14.3 Å². The molecule has 1 aromatic carbocycles. The number of benzene rings is 1. The summed E-state index contributed by atoms with van der Waals surface area (Å²) in [6, 6.07) is 7.55. The van der Waals surface area contributed by atoms with Gasteiger partial charge in [-0.2, -0.15) is 0 Å². The molecule has 0 aliphatic carbocycles. The summed E-state index contributed by atoms with van der Waals surface area (Å²) >= 11 is 0. The van der Waals surface area contributed by atoms with Crippen LogP contribution in [-0.2, 0) is 4.74 Å². The van der Waals surface area contributed by atoms with Gasteiger partial charge in [-0.15, -0.1) is 0 Å². The number of hydrogen-bond donors (Lipinski definition) is 1. The molecule has 0 radical (unpaired) electrons. The SMILES string of the molecule is COc1ccc(/C=C2\OC(=O)NC2(C)C)cc1. The Hall–Kier alpha value is -1.97. The summed E-state index contributed by atoms with van der Waals surface area (Å²) in [5.74, 6) is 1.42. The minimum atomic E-state index is -0.461. The third kappa shape index (κ3) is 2.41. The van der Waals surface area contributed by atoms with E-state index in [0.717, 1.165) is 11.3 Å². The first-order valence-corrected chi connectivity index (χ1v) is 5.37. The van der Waals surface area contributed by atoms with Crippen LogP contribution in [0.1, 0.15) is 19.4 Å². The maximum atomic E-state index is 11.2. The average molecular weight is 233 g/mol. The van der Waals surface area contributed by atoms with Crippen molar-refractivity contribution in [1.29, 1.82) is 0 Å². The Morgan fingerprint density at radius 2 is 1.94 bits per heavy atom. The lowest BCUT2D eigenvalue weighted by atomic mass is 10.0. The Kier molecular flexibility index (Phi) is 2.79. The molecule has 1 aliphatic heterocycles. The summed E-state index contributed by atoms with van der Waals surface area (Å²) in [5.41, 5.74) is 0.502. The second-order valence-corrected chi connectivity index (χ2v) is 4.42. The van der Waals surface area contributed by atoms with Gasteiger partial charge in [0.05, 0.1) is 12.6 Å². The normalized spacial score (nSPS) is 19.9. The van der Waals surface area contributed by atoms with E-state index in [0.29, 0.717) is 5.76 Å². The zero-order valence-corrected chi connectivity index (χ0v) is 10.1. The van der Waals surface area contributed by atoms with Gasteiger partial charge in [-0.3, -0.25) is 0 Å². The average Bonchev–Trinajstić information content (AvgIpc) is 2.53. The van der Waals surface area contributed by atoms with Crippen molar-refractivity contribution in [3.63, 3.8) is 0 Å². The van der Waals surface area contributed by atoms with E-state index in [1.54, 1.807) is 7.11 Å². The summed E-state index contributed by atoms with van der Waals surface area (Å²) in [6.45, 7) is 3.79. The number of methoxy groups -OCH3 is 1. The highest BCUT2D eigenvalue weighted by Crippen LogP contribution is 2.26. The van der Waals surface area contributed by atoms with Gasteiger partial charge < -0.3 is 14.8 Å². The minimum Gasteiger partial charge on any atom is -0.497 e. The lowest BCUT2D eigenvalue weighted by molar-refractivity contribution is 0.195. The van der Waals surface area contributed by atoms with Crippen LogP contribution in [0, 0.1) is 0 Å². The molecule has 1 N–H and O–H groups in total. The van der Waals surface area contributed by atoms with Crippen LogP contribution in [0.2, 0.25) is 0 Å². The summed E-state index contributed by atoms with van der Waals surface area (Å²) < 4.78 is 10.2. The van der Waals surface area contributed by atoms with Crippen LogP contribution in [0.15, 0.2) is 30.0 Å². The van der Waals surface area contributed by atoms with Gasteiger partial charge in [0.2, 0.25) is 0 Å². The molecule has 2 rings (SSSR count). The molecule has 1 aliphatic rings. The third-order valence-electron chi connectivity index (χ3n) is 2.65. The van der Waals surface area contributed by atoms with E-state index < -0.39 is 11.6 Å². The maximum absolute atomic E-state index is 11.2. The van der Waals surface area contributed by atoms with Crippen LogP contribution < -0.4 is 10.1 Å². The molecular weight excluding hydrogens is 218 g/mol. The van der Waals surface area contributed by atoms with Crippen LogP contribution in [0.3, 0.4) is 0 Å². The fraction of sp³-hybridized carbons (Fsp3) is 0.308. The second kappa shape index (κ2) is 4.13. The molecule has 0 unspecified atom stereocenters. The lowest BCUT2D eigenvalue weighted by Gasteiger charge is -2.15. The lowest BCUT2D eigenvalue weighted by Crippen LogP contribution is -2.35. The Bertz CT molecular complexity index is 460. The highest BCUT2D eigenvalue weighted by atomic mass is 16.6. The molecule has 17 heavy (non-hydrogen) atoms. The van der Waals surface area contributed by atoms with Crippen LogP contribution in [0.5, 0.6) is 5.75 Å². The first-order chi connectivity index (χ1) is 8.01. The zero-order valence-electron chi connectivity index (χ0n) is 10.1. The smallest absolute Gasteiger partial charge is 0.413 e. The second-order valence-electron chi connectivity index (χ2n) is 4.42. The van der Waals surface area contributed by atoms with Crippen LogP contribution in [-0.4, -0.2) is 18.7 Å². The van der Waals surface area contributed by atoms with E-state index in [1.807, 2.05) is 44.2 Å². The number of carbonyl (C=O) groups excluding carboxylic acids is 1. The fourth-order valence-electron chi connectivity index (χ4n) is 1.63. The van der Waals surface area contributed by atoms with E-state index in [4.69, 9.17) is 9.47 Å². The van der Waals surface area contributed by atoms with E-state index in [9.17, 15) is 4.79 Å². The van der Waals surface area contributed by atoms with Crippen molar-refractivity contribution in [2.24, 2.45) is 0 Å². The molecule has 0 atom stereocenters. The molecule has 1 amide bonds. The number of amides is 1. The number of nitrogens with one attached hydrogen (secondary N) is 1. The van der Waals surface area contributed by atoms with Crippen molar-refractivity contribution in [3.05, 3.63) is 35.6 Å². The molecule has 1 heterocycles. The van der Waals surface area contributed by atoms with Crippen molar-refractivity contribution in [1.82, 2.24) is 5.32 Å². The summed E-state index contributed by atoms with van der Waals surface area (Å²) in [7, 11) is 1.62. The number of rotatable bonds is 2. The quantitative estimate of drug-likeness (QED) is 0.854. The number of hydrogen-bond acceptors (Lipinski definition) is 3. The summed E-state index contributed by atoms with van der Waals surface area (Å²) in [6.07, 6.45) is 1.44. The van der Waals surface area contributed by atoms with Gasteiger partial charge in [0.1, 0.15) is 11.5 Å². The van der Waals surface area contributed by atoms with Crippen molar-refractivity contribution in [2.75, 3.05) is 7.11 Å². The molecule has 0 aromatic heterocycles. The van der Waals surface area contributed by atoms with Gasteiger partial charge in [-0.1, -0.05) is 12.1 Å². The number of alkyl carbamates (subject to hydrolysis) is 1. The fourth-order valence-corrected chi connectivity index (χ4v) is 1.63. The minimum absolute atomic E-state index is 0.408. The zero-order chi connectivity index (χ0) is 12.5. The molecule has 4 heteroatoms. The molecule has 1 aromatic rings. The number of ether oxygens (including phenoxy) is 2. The molecule has 0 bridgehead atoms. The molecule has 0 saturated carbocycles. The predicted octanol–water partition coefficient (Wildman–Crippen LogP) is 2.55. The van der Waals surface area contributed by atoms with Gasteiger partial charge in [-0.25, -0.2) is 4.79 Å². The van der Waals surface area contributed by atoms with Gasteiger partial charge in [0.25, 0.3) is 0 Å². The monoisotopic (exact) mass is 233 g/mol. The Balaban J connectivity index is 2.26. The first-order valence-electron chi connectivity index (χ1n) is 5.37. The largest absolute Gasteiger partial charge is 0.497 e. The summed E-state index contributed by atoms with van der Waals surface area (Å²) in [4.78, 5) is 11.2. The molecule has 90 valence electrons. The van der Waals surface area contributed by atoms with E-state index >= 15 is 0 Å². The van der Waals surface area contributed by atoms with E-state index in [1.165, 1.54) is 0 Å². The molecule has 0 spiro atoms. The highest BCUT2D eigenvalue weighted by molar-refractivity contribution is 5.76. The van der Waals surface area contributed by atoms with Crippen molar-refractivity contribution in [2.45, 2.75) is 19.4 Å². The topological polar surface area (TPSA) is 47.6 Å². The molecule has 1 fully saturated rings. The van der Waals surface area contributed by atoms with Gasteiger partial charge in [0, 0.05) is 0 Å². The van der Waals surface area contributed by atoms with E-state index in [-0.39, 0.29) is 0 Å². The van der Waals surface area contributed by atoms with Crippen molar-refractivity contribution >= 4 is 12.2 Å². The molecule has 1 saturated heterocycles. The Morgan fingerprint density at radius 1 is 1.29 bits per heavy atom. The molecule has 4 nitrogen and oxygen atoms in total. The van der Waals surface area contributed by atoms with Gasteiger partial charge in [-0.05, 0) is 37.6 Å². The Morgan fingerprint density at radius 3 is 2.41 bits per heavy atom. The molecular formula is C13H15NO3. The first kappa shape index (κ1) is 11.5. The van der Waals surface area contributed by atoms with Crippen LogP contribution in [0.25, 0.3) is 6.08 Å².